The summed E-state index contributed by atoms with van der Waals surface area (Å²) in [5.74, 6) is 0. The number of halogens is 2. The minimum atomic E-state index is 0. The van der Waals surface area contributed by atoms with Crippen molar-refractivity contribution in [3.05, 3.63) is 0 Å². The number of fused-ring (bicyclic) bond motifs is 2. The minimum absolute atomic E-state index is 0. The van der Waals surface area contributed by atoms with Gasteiger partial charge >= 0.3 is 0 Å². The van der Waals surface area contributed by atoms with Gasteiger partial charge in [0.25, 0.3) is 0 Å². The molecule has 2 fully saturated rings. The number of piperidine rings is 1. The molecule has 2 rings (SSSR count). The van der Waals surface area contributed by atoms with Crippen LogP contribution < -0.4 is 5.73 Å². The Hall–Kier alpha value is 0.460. The third kappa shape index (κ3) is 2.70. The van der Waals surface area contributed by atoms with E-state index in [1.807, 2.05) is 0 Å². The predicted octanol–water partition coefficient (Wildman–Crippen LogP) is 0.650. The lowest BCUT2D eigenvalue weighted by atomic mass is 9.91. The van der Waals surface area contributed by atoms with Crippen molar-refractivity contribution in [3.63, 3.8) is 0 Å². The summed E-state index contributed by atoms with van der Waals surface area (Å²) in [6.45, 7) is 1.75. The monoisotopic (exact) mass is 228 g/mol. The van der Waals surface area contributed by atoms with Crippen molar-refractivity contribution in [3.8, 4) is 0 Å². The molecular formula is C8H18Cl2N2O. The van der Waals surface area contributed by atoms with E-state index in [0.29, 0.717) is 18.1 Å². The summed E-state index contributed by atoms with van der Waals surface area (Å²) in [5.41, 5.74) is 5.90. The molecule has 3 nitrogen and oxygen atoms in total. The minimum Gasteiger partial charge on any atom is -0.378 e. The van der Waals surface area contributed by atoms with E-state index in [-0.39, 0.29) is 24.8 Å². The average molecular weight is 229 g/mol. The molecule has 2 bridgehead atoms. The van der Waals surface area contributed by atoms with Crippen molar-refractivity contribution in [1.82, 2.24) is 4.90 Å². The van der Waals surface area contributed by atoms with Crippen molar-refractivity contribution in [1.29, 1.82) is 0 Å². The molecule has 13 heavy (non-hydrogen) atoms. The molecule has 2 aliphatic rings. The molecule has 5 heteroatoms. The number of morpholine rings is 1. The van der Waals surface area contributed by atoms with Crippen LogP contribution in [0, 0.1) is 0 Å². The summed E-state index contributed by atoms with van der Waals surface area (Å²) < 4.78 is 5.46. The van der Waals surface area contributed by atoms with E-state index in [9.17, 15) is 0 Å². The summed E-state index contributed by atoms with van der Waals surface area (Å²) in [6, 6.07) is 1.57. The van der Waals surface area contributed by atoms with Gasteiger partial charge in [0.15, 0.2) is 0 Å². The van der Waals surface area contributed by atoms with Crippen molar-refractivity contribution in [2.24, 2.45) is 5.73 Å². The molecule has 0 aromatic heterocycles. The third-order valence-corrected chi connectivity index (χ3v) is 2.92. The zero-order valence-corrected chi connectivity index (χ0v) is 9.44. The maximum atomic E-state index is 5.90. The molecule has 3 atom stereocenters. The lowest BCUT2D eigenvalue weighted by molar-refractivity contribution is -0.0644. The zero-order valence-electron chi connectivity index (χ0n) is 7.81. The normalized spacial score (nSPS) is 38.8. The molecular weight excluding hydrogens is 211 g/mol. The molecule has 2 aliphatic heterocycles. The van der Waals surface area contributed by atoms with Crippen LogP contribution >= 0.6 is 24.8 Å². The standard InChI is InChI=1S/C8H16N2O.2ClH/c1-10-7-2-6(9)3-8(10)5-11-4-7;;/h6-8H,2-5,9H2,1H3;2*1H/t6-,7-,8+;;. The highest BCUT2D eigenvalue weighted by Crippen LogP contribution is 2.24. The Kier molecular flexibility index (Phi) is 5.56. The molecule has 0 aliphatic carbocycles. The molecule has 0 radical (unpaired) electrons. The van der Waals surface area contributed by atoms with Crippen LogP contribution in [0.25, 0.3) is 0 Å². The average Bonchev–Trinajstić information content (AvgIpc) is 1.92. The molecule has 2 heterocycles. The first-order valence-electron chi connectivity index (χ1n) is 4.32. The summed E-state index contributed by atoms with van der Waals surface area (Å²) in [4.78, 5) is 2.42. The summed E-state index contributed by atoms with van der Waals surface area (Å²) >= 11 is 0. The van der Waals surface area contributed by atoms with Gasteiger partial charge in [-0.05, 0) is 19.9 Å². The van der Waals surface area contributed by atoms with Gasteiger partial charge in [0.2, 0.25) is 0 Å². The first-order chi connectivity index (χ1) is 5.27. The van der Waals surface area contributed by atoms with E-state index in [4.69, 9.17) is 10.5 Å². The van der Waals surface area contributed by atoms with E-state index in [0.717, 1.165) is 26.1 Å². The number of nitrogens with two attached hydrogens (primary N) is 1. The maximum Gasteiger partial charge on any atom is 0.0623 e. The Morgan fingerprint density at radius 1 is 1.15 bits per heavy atom. The Morgan fingerprint density at radius 2 is 1.62 bits per heavy atom. The largest absolute Gasteiger partial charge is 0.378 e. The Labute approximate surface area is 91.8 Å². The number of hydrogen-bond donors (Lipinski definition) is 1. The van der Waals surface area contributed by atoms with Crippen LogP contribution in [0.2, 0.25) is 0 Å². The molecule has 0 saturated carbocycles. The van der Waals surface area contributed by atoms with Crippen LogP contribution in [0.5, 0.6) is 0 Å². The van der Waals surface area contributed by atoms with Gasteiger partial charge in [-0.15, -0.1) is 24.8 Å². The van der Waals surface area contributed by atoms with Crippen LogP contribution in [0.1, 0.15) is 12.8 Å². The van der Waals surface area contributed by atoms with Gasteiger partial charge in [0, 0.05) is 18.1 Å². The SMILES string of the molecule is CN1[C@@H]2COC[C@H]1C[C@@H](N)C2.Cl.Cl. The second kappa shape index (κ2) is 5.37. The molecule has 0 unspecified atom stereocenters. The second-order valence-electron chi connectivity index (χ2n) is 3.74. The van der Waals surface area contributed by atoms with Crippen LogP contribution in [0.4, 0.5) is 0 Å². The van der Waals surface area contributed by atoms with Gasteiger partial charge in [0.1, 0.15) is 0 Å². The Balaban J connectivity index is 0.000000720. The number of ether oxygens (including phenoxy) is 1. The highest BCUT2D eigenvalue weighted by molar-refractivity contribution is 5.85. The molecule has 0 spiro atoms. The Bertz CT molecular complexity index is 145. The lowest BCUT2D eigenvalue weighted by Gasteiger charge is -2.45. The van der Waals surface area contributed by atoms with Crippen LogP contribution in [0.3, 0.4) is 0 Å². The van der Waals surface area contributed by atoms with Crippen LogP contribution in [-0.2, 0) is 4.74 Å². The zero-order chi connectivity index (χ0) is 7.84. The maximum absolute atomic E-state index is 5.90. The van der Waals surface area contributed by atoms with Gasteiger partial charge in [-0.3, -0.25) is 4.90 Å². The number of nitrogens with zero attached hydrogens (tertiary/aromatic N) is 1. The van der Waals surface area contributed by atoms with Gasteiger partial charge in [-0.25, -0.2) is 0 Å². The fourth-order valence-electron chi connectivity index (χ4n) is 2.14. The Morgan fingerprint density at radius 3 is 2.08 bits per heavy atom. The quantitative estimate of drug-likeness (QED) is 0.662. The van der Waals surface area contributed by atoms with Gasteiger partial charge in [-0.2, -0.15) is 0 Å². The van der Waals surface area contributed by atoms with Crippen molar-refractivity contribution < 1.29 is 4.74 Å². The molecule has 0 aromatic rings. The number of likely N-dealkylation sites (N-methyl/N-ethyl adjacent to an activating group) is 1. The van der Waals surface area contributed by atoms with Gasteiger partial charge < -0.3 is 10.5 Å². The number of rotatable bonds is 0. The van der Waals surface area contributed by atoms with Crippen molar-refractivity contribution >= 4 is 24.8 Å². The van der Waals surface area contributed by atoms with Gasteiger partial charge in [-0.1, -0.05) is 0 Å². The first-order valence-corrected chi connectivity index (χ1v) is 4.32. The fraction of sp³-hybridized carbons (Fsp3) is 1.00. The molecule has 0 amide bonds. The molecule has 0 aromatic carbocycles. The van der Waals surface area contributed by atoms with Crippen LogP contribution in [-0.4, -0.2) is 43.3 Å². The molecule has 2 saturated heterocycles. The van der Waals surface area contributed by atoms with Crippen LogP contribution in [0.15, 0.2) is 0 Å². The van der Waals surface area contributed by atoms with E-state index < -0.39 is 0 Å². The third-order valence-electron chi connectivity index (χ3n) is 2.92. The first kappa shape index (κ1) is 13.5. The van der Waals surface area contributed by atoms with Crippen molar-refractivity contribution in [2.75, 3.05) is 20.3 Å². The highest BCUT2D eigenvalue weighted by Gasteiger charge is 2.34. The van der Waals surface area contributed by atoms with E-state index >= 15 is 0 Å². The highest BCUT2D eigenvalue weighted by atomic mass is 35.5. The van der Waals surface area contributed by atoms with E-state index in [1.54, 1.807) is 0 Å². The predicted molar refractivity (Wildman–Crippen MR) is 57.9 cm³/mol. The van der Waals surface area contributed by atoms with E-state index in [2.05, 4.69) is 11.9 Å². The topological polar surface area (TPSA) is 38.5 Å². The fourth-order valence-corrected chi connectivity index (χ4v) is 2.14. The van der Waals surface area contributed by atoms with Crippen molar-refractivity contribution in [2.45, 2.75) is 31.0 Å². The molecule has 80 valence electrons. The summed E-state index contributed by atoms with van der Waals surface area (Å²) in [7, 11) is 2.18. The lowest BCUT2D eigenvalue weighted by Crippen LogP contribution is -2.57. The van der Waals surface area contributed by atoms with Gasteiger partial charge in [0.05, 0.1) is 13.2 Å². The molecule has 2 N–H and O–H groups in total. The summed E-state index contributed by atoms with van der Waals surface area (Å²) in [5, 5.41) is 0. The number of hydrogen-bond acceptors (Lipinski definition) is 3. The second-order valence-corrected chi connectivity index (χ2v) is 3.74. The summed E-state index contributed by atoms with van der Waals surface area (Å²) in [6.07, 6.45) is 2.21. The van der Waals surface area contributed by atoms with E-state index in [1.165, 1.54) is 0 Å². The smallest absolute Gasteiger partial charge is 0.0623 e.